The van der Waals surface area contributed by atoms with Crippen LogP contribution in [0, 0.1) is 34.3 Å². The van der Waals surface area contributed by atoms with Gasteiger partial charge in [0, 0.05) is 72.9 Å². The number of halogens is 5. The van der Waals surface area contributed by atoms with Crippen LogP contribution in [0.15, 0.2) is 79.1 Å². The third-order valence-corrected chi connectivity index (χ3v) is 14.1. The average Bonchev–Trinajstić information content (AvgIpc) is 3.61. The van der Waals surface area contributed by atoms with Crippen molar-refractivity contribution in [3.05, 3.63) is 113 Å². The fraction of sp³-hybridized carbons (Fsp3) is 0.481. The number of piperazine rings is 1. The zero-order chi connectivity index (χ0) is 55.1. The van der Waals surface area contributed by atoms with Crippen LogP contribution in [0.3, 0.4) is 0 Å². The number of aliphatic hydroxyl groups is 1. The number of alkyl carbamates (subject to hydrolysis) is 2. The van der Waals surface area contributed by atoms with Gasteiger partial charge in [-0.1, -0.05) is 50.8 Å². The van der Waals surface area contributed by atoms with Crippen LogP contribution in [0.25, 0.3) is 11.3 Å². The number of carbonyl (C=O) groups excluding carboxylic acids is 4. The van der Waals surface area contributed by atoms with Gasteiger partial charge in [-0.25, -0.2) is 28.4 Å². The highest BCUT2D eigenvalue weighted by Crippen LogP contribution is 2.41. The van der Waals surface area contributed by atoms with E-state index in [1.165, 1.54) is 6.20 Å². The van der Waals surface area contributed by atoms with Crippen molar-refractivity contribution in [2.75, 3.05) is 52.0 Å². The Morgan fingerprint density at radius 1 is 0.803 bits per heavy atom. The number of nitrogens with one attached hydrogen (secondary N) is 4. The van der Waals surface area contributed by atoms with E-state index in [2.05, 4.69) is 47.4 Å². The molecule has 7 rings (SSSR count). The predicted molar refractivity (Wildman–Crippen MR) is 270 cm³/mol. The lowest BCUT2D eigenvalue weighted by molar-refractivity contribution is -0.220. The molecule has 76 heavy (non-hydrogen) atoms. The number of benzene rings is 2. The third-order valence-electron chi connectivity index (χ3n) is 14.1. The summed E-state index contributed by atoms with van der Waals surface area (Å²) < 4.78 is 90.5. The van der Waals surface area contributed by atoms with E-state index in [-0.39, 0.29) is 17.7 Å². The van der Waals surface area contributed by atoms with Crippen molar-refractivity contribution in [1.29, 1.82) is 0 Å². The molecule has 22 heteroatoms. The molecule has 5 heterocycles. The van der Waals surface area contributed by atoms with Crippen molar-refractivity contribution >= 4 is 29.8 Å². The van der Waals surface area contributed by atoms with Crippen molar-refractivity contribution in [3.63, 3.8) is 0 Å². The number of hydrogen-bond donors (Lipinski definition) is 5. The maximum absolute atomic E-state index is 16.0. The van der Waals surface area contributed by atoms with Crippen molar-refractivity contribution in [1.82, 2.24) is 41.3 Å². The highest BCUT2D eigenvalue weighted by atomic mass is 19.4. The summed E-state index contributed by atoms with van der Waals surface area (Å²) in [5.41, 5.74) is 0.101. The Balaban J connectivity index is 1.15. The molecular formula is C54H64F5N9O8. The topological polar surface area (TPSA) is 200 Å². The predicted octanol–water partition coefficient (Wildman–Crippen LogP) is 5.88. The van der Waals surface area contributed by atoms with Crippen molar-refractivity contribution in [3.8, 4) is 23.1 Å². The van der Waals surface area contributed by atoms with Gasteiger partial charge < -0.3 is 40.2 Å². The Morgan fingerprint density at radius 2 is 1.41 bits per heavy atom. The van der Waals surface area contributed by atoms with Crippen LogP contribution < -0.4 is 26.3 Å². The Morgan fingerprint density at radius 3 is 1.93 bits per heavy atom. The van der Waals surface area contributed by atoms with Crippen LogP contribution in [0.1, 0.15) is 69.7 Å². The minimum absolute atomic E-state index is 0.0966. The molecule has 4 aromatic rings. The van der Waals surface area contributed by atoms with Crippen LogP contribution in [0.5, 0.6) is 0 Å². The van der Waals surface area contributed by atoms with E-state index in [1.807, 2.05) is 17.4 Å². The Labute approximate surface area is 438 Å². The number of aromatic nitrogens is 2. The second-order valence-corrected chi connectivity index (χ2v) is 20.9. The third kappa shape index (κ3) is 13.7. The molecule has 3 aliphatic rings. The van der Waals surface area contributed by atoms with Gasteiger partial charge in [-0.05, 0) is 92.6 Å². The number of anilines is 1. The first-order chi connectivity index (χ1) is 35.9. The molecule has 408 valence electrons. The monoisotopic (exact) mass is 1060 g/mol. The molecule has 0 radical (unpaired) electrons. The second-order valence-electron chi connectivity index (χ2n) is 20.9. The van der Waals surface area contributed by atoms with E-state index in [0.717, 1.165) is 76.3 Å². The second kappa shape index (κ2) is 24.0. The number of ether oxygens (including phenoxy) is 3. The Hall–Kier alpha value is -6.93. The minimum atomic E-state index is -5.05. The van der Waals surface area contributed by atoms with E-state index in [9.17, 15) is 37.5 Å². The summed E-state index contributed by atoms with van der Waals surface area (Å²) in [6.45, 7) is 8.14. The summed E-state index contributed by atoms with van der Waals surface area (Å²) in [6.07, 6.45) is -4.04. The minimum Gasteiger partial charge on any atom is -0.453 e. The molecule has 3 unspecified atom stereocenters. The van der Waals surface area contributed by atoms with Gasteiger partial charge in [0.2, 0.25) is 5.91 Å². The number of hydrazine groups is 1. The molecule has 3 saturated heterocycles. The van der Waals surface area contributed by atoms with Crippen molar-refractivity contribution in [2.45, 2.75) is 109 Å². The quantitative estimate of drug-likeness (QED) is 0.0478. The molecule has 3 fully saturated rings. The number of hydrogen-bond acceptors (Lipinski definition) is 13. The molecule has 17 nitrogen and oxygen atoms in total. The summed E-state index contributed by atoms with van der Waals surface area (Å²) in [5.74, 6) is 2.70. The number of nitrogens with zero attached hydrogens (tertiary/aromatic N) is 5. The smallest absolute Gasteiger partial charge is 0.407 e. The van der Waals surface area contributed by atoms with Crippen LogP contribution in [-0.2, 0) is 36.8 Å². The SMILES string of the molecule is COC(=O)NC(C(=O)N[C@@H](Cc1ccc(C#Cc2ccc(N3CC4CCC(C3)N4C3COC3)nc2)cc1)[C@@H](O)CN(Cc1c(F)cc(-c2ccccn2)cc1F)NC(=O)[C@@H](NC(=O)OC)C(C)(C)C)C(C)(C)C(F)(F)F. The first-order valence-electron chi connectivity index (χ1n) is 24.8. The fourth-order valence-corrected chi connectivity index (χ4v) is 9.55. The van der Waals surface area contributed by atoms with Crippen LogP contribution in [0.4, 0.5) is 37.4 Å². The van der Waals surface area contributed by atoms with E-state index in [4.69, 9.17) is 14.5 Å². The molecule has 2 aromatic heterocycles. The normalized spacial score (nSPS) is 18.5. The molecule has 0 saturated carbocycles. The summed E-state index contributed by atoms with van der Waals surface area (Å²) >= 11 is 0. The summed E-state index contributed by atoms with van der Waals surface area (Å²) in [6, 6.07) is 13.6. The van der Waals surface area contributed by atoms with Gasteiger partial charge in [0.25, 0.3) is 5.91 Å². The molecule has 2 bridgehead atoms. The van der Waals surface area contributed by atoms with Gasteiger partial charge in [0.05, 0.1) is 56.7 Å². The van der Waals surface area contributed by atoms with Gasteiger partial charge in [-0.2, -0.15) is 13.2 Å². The van der Waals surface area contributed by atoms with Gasteiger partial charge in [0.1, 0.15) is 29.5 Å². The summed E-state index contributed by atoms with van der Waals surface area (Å²) in [4.78, 5) is 66.8. The Kier molecular flexibility index (Phi) is 17.9. The first kappa shape index (κ1) is 56.8. The standard InChI is InChI=1S/C54H64F5N9O8/c1-52(2,3)46(63-50(72)74-6)49(71)65-67(28-39-40(55)23-35(24-41(39)56)42-10-8-9-21-60-42)29-44(69)43(62-48(70)47(64-51(73)75-7)53(4,5)54(57,58)59)22-33-14-11-32(12-15-33)13-16-34-17-20-45(61-25-34)66-26-36-18-19-37(27-66)68(36)38-30-76-31-38/h8-12,14-15,17,20-21,23-25,36-38,43-44,46-47,69H,18-19,22,26-31H2,1-7H3,(H,62,70)(H,63,72)(H,64,73)(H,65,71)/t36?,37?,43-,44-,46+,47?/m0/s1. The largest absolute Gasteiger partial charge is 0.453 e. The number of aliphatic hydroxyl groups excluding tert-OH is 1. The van der Waals surface area contributed by atoms with Crippen LogP contribution >= 0.6 is 0 Å². The number of fused-ring (bicyclic) bond motifs is 2. The van der Waals surface area contributed by atoms with Gasteiger partial charge in [-0.3, -0.25) is 24.9 Å². The molecular weight excluding hydrogens is 998 g/mol. The number of amides is 4. The molecule has 4 amide bonds. The molecule has 0 aliphatic carbocycles. The number of alkyl halides is 3. The highest BCUT2D eigenvalue weighted by molar-refractivity contribution is 5.87. The van der Waals surface area contributed by atoms with E-state index in [1.54, 1.807) is 69.4 Å². The summed E-state index contributed by atoms with van der Waals surface area (Å²) in [5, 5.41) is 20.0. The maximum Gasteiger partial charge on any atom is 0.407 e. The first-order valence-corrected chi connectivity index (χ1v) is 24.8. The molecule has 2 aromatic carbocycles. The zero-order valence-electron chi connectivity index (χ0n) is 43.3. The molecule has 5 N–H and O–H groups in total. The number of carbonyl (C=O) groups is 4. The summed E-state index contributed by atoms with van der Waals surface area (Å²) in [7, 11) is 1.99. The van der Waals surface area contributed by atoms with Crippen molar-refractivity contribution in [2.24, 2.45) is 10.8 Å². The lowest BCUT2D eigenvalue weighted by Gasteiger charge is -2.47. The zero-order valence-corrected chi connectivity index (χ0v) is 43.3. The molecule has 3 aliphatic heterocycles. The van der Waals surface area contributed by atoms with E-state index < -0.39 is 95.5 Å². The van der Waals surface area contributed by atoms with E-state index in [0.29, 0.717) is 48.7 Å². The highest BCUT2D eigenvalue weighted by Gasteiger charge is 2.56. The number of rotatable bonds is 17. The lowest BCUT2D eigenvalue weighted by Crippen LogP contribution is -2.63. The van der Waals surface area contributed by atoms with Crippen LogP contribution in [0.2, 0.25) is 0 Å². The average molecular weight is 1060 g/mol. The number of pyridine rings is 2. The lowest BCUT2D eigenvalue weighted by atomic mass is 9.82. The van der Waals surface area contributed by atoms with Gasteiger partial charge in [-0.15, -0.1) is 0 Å². The maximum atomic E-state index is 16.0. The van der Waals surface area contributed by atoms with Gasteiger partial charge >= 0.3 is 18.4 Å². The van der Waals surface area contributed by atoms with E-state index >= 15 is 8.78 Å². The van der Waals surface area contributed by atoms with Gasteiger partial charge in [0.15, 0.2) is 0 Å². The van der Waals surface area contributed by atoms with Crippen molar-refractivity contribution < 1.29 is 60.4 Å². The molecule has 0 spiro atoms. The molecule has 6 atom stereocenters. The van der Waals surface area contributed by atoms with Crippen LogP contribution in [-0.4, -0.2) is 145 Å². The fourth-order valence-electron chi connectivity index (χ4n) is 9.55. The Bertz CT molecular complexity index is 2710. The number of methoxy groups -OCH3 is 2.